The standard InChI is InChI=1S/C15H15F3N2O3/c16-15(17,18)10-3-4-12(20-7-1-2-8-20)11(9-10)19-13(21)5-6-14(22)23/h3-6,9H,1-2,7-8H2,(H,19,21)(H,22,23)/b6-5-. The quantitative estimate of drug-likeness (QED) is 0.834. The van der Waals surface area contributed by atoms with Crippen LogP contribution in [0.3, 0.4) is 0 Å². The lowest BCUT2D eigenvalue weighted by atomic mass is 10.1. The molecule has 1 saturated heterocycles. The molecule has 124 valence electrons. The third-order valence-corrected chi connectivity index (χ3v) is 3.41. The topological polar surface area (TPSA) is 69.6 Å². The maximum absolute atomic E-state index is 12.9. The average Bonchev–Trinajstić information content (AvgIpc) is 2.98. The van der Waals surface area contributed by atoms with Crippen LogP contribution in [0.25, 0.3) is 0 Å². The Morgan fingerprint density at radius 2 is 1.83 bits per heavy atom. The number of carbonyl (C=O) groups excluding carboxylic acids is 1. The van der Waals surface area contributed by atoms with Crippen molar-refractivity contribution in [1.29, 1.82) is 0 Å². The fourth-order valence-corrected chi connectivity index (χ4v) is 2.37. The van der Waals surface area contributed by atoms with E-state index in [2.05, 4.69) is 5.32 Å². The van der Waals surface area contributed by atoms with E-state index in [1.165, 1.54) is 6.07 Å². The van der Waals surface area contributed by atoms with Gasteiger partial charge < -0.3 is 15.3 Å². The minimum atomic E-state index is -4.53. The minimum absolute atomic E-state index is 0.0155. The second-order valence-corrected chi connectivity index (χ2v) is 5.08. The molecular weight excluding hydrogens is 313 g/mol. The third kappa shape index (κ3) is 4.48. The van der Waals surface area contributed by atoms with Crippen molar-refractivity contribution in [2.24, 2.45) is 0 Å². The summed E-state index contributed by atoms with van der Waals surface area (Å²) in [4.78, 5) is 24.0. The number of hydrogen-bond acceptors (Lipinski definition) is 3. The summed E-state index contributed by atoms with van der Waals surface area (Å²) in [7, 11) is 0. The highest BCUT2D eigenvalue weighted by Gasteiger charge is 2.31. The van der Waals surface area contributed by atoms with E-state index in [1.807, 2.05) is 4.90 Å². The van der Waals surface area contributed by atoms with Crippen LogP contribution in [0.5, 0.6) is 0 Å². The molecule has 0 aromatic heterocycles. The van der Waals surface area contributed by atoms with E-state index in [9.17, 15) is 22.8 Å². The van der Waals surface area contributed by atoms with Crippen LogP contribution in [0.4, 0.5) is 24.5 Å². The van der Waals surface area contributed by atoms with E-state index in [1.54, 1.807) is 0 Å². The zero-order valence-electron chi connectivity index (χ0n) is 12.1. The number of carboxylic acid groups (broad SMARTS) is 1. The number of hydrogen-bond donors (Lipinski definition) is 2. The Kier molecular flexibility index (Phi) is 4.92. The SMILES string of the molecule is O=C(O)/C=C\C(=O)Nc1cc(C(F)(F)F)ccc1N1CCCC1. The second-order valence-electron chi connectivity index (χ2n) is 5.08. The summed E-state index contributed by atoms with van der Waals surface area (Å²) < 4.78 is 38.6. The minimum Gasteiger partial charge on any atom is -0.478 e. The lowest BCUT2D eigenvalue weighted by Gasteiger charge is -2.22. The normalized spacial score (nSPS) is 15.2. The molecule has 0 unspecified atom stereocenters. The van der Waals surface area contributed by atoms with Crippen LogP contribution in [0.1, 0.15) is 18.4 Å². The van der Waals surface area contributed by atoms with Gasteiger partial charge in [0.25, 0.3) is 0 Å². The van der Waals surface area contributed by atoms with Gasteiger partial charge in [0, 0.05) is 25.2 Å². The number of anilines is 2. The molecule has 1 aliphatic heterocycles. The van der Waals surface area contributed by atoms with Gasteiger partial charge in [-0.05, 0) is 31.0 Å². The van der Waals surface area contributed by atoms with Gasteiger partial charge in [0.1, 0.15) is 0 Å². The van der Waals surface area contributed by atoms with E-state index in [4.69, 9.17) is 5.11 Å². The maximum Gasteiger partial charge on any atom is 0.416 e. The van der Waals surface area contributed by atoms with Crippen molar-refractivity contribution < 1.29 is 27.9 Å². The molecule has 2 N–H and O–H groups in total. The van der Waals surface area contributed by atoms with Crippen molar-refractivity contribution in [2.75, 3.05) is 23.3 Å². The Morgan fingerprint density at radius 3 is 2.39 bits per heavy atom. The molecule has 1 heterocycles. The first-order chi connectivity index (χ1) is 10.8. The maximum atomic E-state index is 12.9. The number of carbonyl (C=O) groups is 2. The summed E-state index contributed by atoms with van der Waals surface area (Å²) in [6.07, 6.45) is -1.30. The lowest BCUT2D eigenvalue weighted by Crippen LogP contribution is -2.21. The summed E-state index contributed by atoms with van der Waals surface area (Å²) in [5, 5.41) is 10.8. The molecule has 0 spiro atoms. The van der Waals surface area contributed by atoms with Crippen LogP contribution in [0.2, 0.25) is 0 Å². The Balaban J connectivity index is 2.32. The zero-order chi connectivity index (χ0) is 17.0. The van der Waals surface area contributed by atoms with Crippen LogP contribution in [-0.4, -0.2) is 30.1 Å². The van der Waals surface area contributed by atoms with Gasteiger partial charge in [-0.25, -0.2) is 4.79 Å². The van der Waals surface area contributed by atoms with Crippen LogP contribution in [0, 0.1) is 0 Å². The largest absolute Gasteiger partial charge is 0.478 e. The zero-order valence-corrected chi connectivity index (χ0v) is 12.1. The van der Waals surface area contributed by atoms with Crippen LogP contribution < -0.4 is 10.2 Å². The Labute approximate surface area is 130 Å². The molecule has 1 aromatic carbocycles. The molecule has 0 radical (unpaired) electrons. The smallest absolute Gasteiger partial charge is 0.416 e. The number of carboxylic acids is 1. The predicted octanol–water partition coefficient (Wildman–Crippen LogP) is 2.88. The lowest BCUT2D eigenvalue weighted by molar-refractivity contribution is -0.137. The van der Waals surface area contributed by atoms with E-state index >= 15 is 0 Å². The van der Waals surface area contributed by atoms with Crippen molar-refractivity contribution in [3.05, 3.63) is 35.9 Å². The number of amides is 1. The number of nitrogens with zero attached hydrogens (tertiary/aromatic N) is 1. The fraction of sp³-hybridized carbons (Fsp3) is 0.333. The number of rotatable bonds is 4. The molecule has 8 heteroatoms. The second kappa shape index (κ2) is 6.72. The first-order valence-electron chi connectivity index (χ1n) is 6.95. The van der Waals surface area contributed by atoms with Crippen LogP contribution in [0.15, 0.2) is 30.4 Å². The molecule has 2 rings (SSSR count). The number of benzene rings is 1. The van der Waals surface area contributed by atoms with E-state index in [-0.39, 0.29) is 5.69 Å². The summed E-state index contributed by atoms with van der Waals surface area (Å²) in [6, 6.07) is 3.15. The van der Waals surface area contributed by atoms with Gasteiger partial charge in [-0.3, -0.25) is 4.79 Å². The highest BCUT2D eigenvalue weighted by atomic mass is 19.4. The molecule has 0 aliphatic carbocycles. The monoisotopic (exact) mass is 328 g/mol. The molecule has 23 heavy (non-hydrogen) atoms. The molecule has 1 aliphatic rings. The van der Waals surface area contributed by atoms with Crippen LogP contribution in [-0.2, 0) is 15.8 Å². The van der Waals surface area contributed by atoms with Gasteiger partial charge in [-0.2, -0.15) is 13.2 Å². The summed E-state index contributed by atoms with van der Waals surface area (Å²) >= 11 is 0. The van der Waals surface area contributed by atoms with Gasteiger partial charge in [-0.1, -0.05) is 0 Å². The van der Waals surface area contributed by atoms with Crippen molar-refractivity contribution in [2.45, 2.75) is 19.0 Å². The van der Waals surface area contributed by atoms with E-state index in [0.29, 0.717) is 24.9 Å². The third-order valence-electron chi connectivity index (χ3n) is 3.41. The summed E-state index contributed by atoms with van der Waals surface area (Å²) in [5.74, 6) is -2.11. The van der Waals surface area contributed by atoms with E-state index in [0.717, 1.165) is 31.1 Å². The molecular formula is C15H15F3N2O3. The van der Waals surface area contributed by atoms with Gasteiger partial charge in [0.05, 0.1) is 16.9 Å². The Morgan fingerprint density at radius 1 is 1.17 bits per heavy atom. The van der Waals surface area contributed by atoms with Gasteiger partial charge >= 0.3 is 12.1 Å². The van der Waals surface area contributed by atoms with Crippen molar-refractivity contribution in [3.63, 3.8) is 0 Å². The fourth-order valence-electron chi connectivity index (χ4n) is 2.37. The molecule has 1 aromatic rings. The molecule has 0 saturated carbocycles. The average molecular weight is 328 g/mol. The summed E-state index contributed by atoms with van der Waals surface area (Å²) in [6.45, 7) is 1.39. The number of nitrogens with one attached hydrogen (secondary N) is 1. The Hall–Kier alpha value is -2.51. The van der Waals surface area contributed by atoms with Crippen LogP contribution >= 0.6 is 0 Å². The molecule has 1 amide bonds. The van der Waals surface area contributed by atoms with Crippen molar-refractivity contribution >= 4 is 23.3 Å². The predicted molar refractivity (Wildman–Crippen MR) is 78.3 cm³/mol. The molecule has 1 fully saturated rings. The van der Waals surface area contributed by atoms with Gasteiger partial charge in [0.2, 0.25) is 5.91 Å². The first kappa shape index (κ1) is 16.9. The van der Waals surface area contributed by atoms with Gasteiger partial charge in [0.15, 0.2) is 0 Å². The highest BCUT2D eigenvalue weighted by Crippen LogP contribution is 2.36. The van der Waals surface area contributed by atoms with Crippen molar-refractivity contribution in [1.82, 2.24) is 0 Å². The molecule has 5 nitrogen and oxygen atoms in total. The molecule has 0 bridgehead atoms. The first-order valence-corrected chi connectivity index (χ1v) is 6.95. The number of aliphatic carboxylic acids is 1. The van der Waals surface area contributed by atoms with E-state index < -0.39 is 23.6 Å². The number of halogens is 3. The Bertz CT molecular complexity index is 635. The molecule has 0 atom stereocenters. The number of alkyl halides is 3. The van der Waals surface area contributed by atoms with Crippen molar-refractivity contribution in [3.8, 4) is 0 Å². The summed E-state index contributed by atoms with van der Waals surface area (Å²) in [5.41, 5.74) is -0.368. The van der Waals surface area contributed by atoms with Gasteiger partial charge in [-0.15, -0.1) is 0 Å². The highest BCUT2D eigenvalue weighted by molar-refractivity contribution is 6.04.